The fourth-order valence-electron chi connectivity index (χ4n) is 7.52. The van der Waals surface area contributed by atoms with Gasteiger partial charge >= 0.3 is 6.18 Å². The zero-order valence-corrected chi connectivity index (χ0v) is 27.5. The molecule has 3 heterocycles. The van der Waals surface area contributed by atoms with Crippen molar-refractivity contribution in [3.63, 3.8) is 0 Å². The van der Waals surface area contributed by atoms with Gasteiger partial charge in [-0.05, 0) is 72.8 Å². The number of fused-ring (bicyclic) bond motifs is 4. The Morgan fingerprint density at radius 3 is 2.23 bits per heavy atom. The number of aromatic nitrogens is 1. The summed E-state index contributed by atoms with van der Waals surface area (Å²) in [6.07, 6.45) is 0.866. The van der Waals surface area contributed by atoms with Crippen LogP contribution >= 0.6 is 0 Å². The normalized spacial score (nSPS) is 24.7. The fraction of sp³-hybridized carbons (Fsp3) is 0.676. The van der Waals surface area contributed by atoms with Crippen molar-refractivity contribution in [2.24, 2.45) is 5.41 Å². The average molecular weight is 620 g/mol. The van der Waals surface area contributed by atoms with Crippen molar-refractivity contribution in [1.29, 1.82) is 0 Å². The van der Waals surface area contributed by atoms with Crippen LogP contribution in [-0.2, 0) is 32.1 Å². The molecule has 2 atom stereocenters. The van der Waals surface area contributed by atoms with Crippen LogP contribution < -0.4 is 0 Å². The van der Waals surface area contributed by atoms with E-state index in [0.717, 1.165) is 59.8 Å². The number of hydrogen-bond acceptors (Lipinski definition) is 4. The summed E-state index contributed by atoms with van der Waals surface area (Å²) in [6.45, 7) is 16.5. The lowest BCUT2D eigenvalue weighted by atomic mass is 9.58. The highest BCUT2D eigenvalue weighted by atomic mass is 28.4. The monoisotopic (exact) mass is 619 g/mol. The van der Waals surface area contributed by atoms with Gasteiger partial charge in [0.1, 0.15) is 11.9 Å². The number of nitrogens with zero attached hydrogens (tertiary/aromatic N) is 1. The van der Waals surface area contributed by atoms with Gasteiger partial charge in [-0.3, -0.25) is 4.98 Å². The average Bonchev–Trinajstić information content (AvgIpc) is 3.19. The molecule has 4 nitrogen and oxygen atoms in total. The molecule has 2 aromatic rings. The molecule has 6 rings (SSSR count). The van der Waals surface area contributed by atoms with Gasteiger partial charge in [0.2, 0.25) is 0 Å². The molecule has 2 aliphatic carbocycles. The Bertz CT molecular complexity index is 1400. The van der Waals surface area contributed by atoms with Gasteiger partial charge < -0.3 is 13.9 Å². The highest BCUT2D eigenvalue weighted by molar-refractivity contribution is 6.74. The molecule has 0 amide bonds. The van der Waals surface area contributed by atoms with Crippen LogP contribution in [0.1, 0.15) is 130 Å². The quantitative estimate of drug-likeness (QED) is 0.252. The van der Waals surface area contributed by atoms with E-state index in [4.69, 9.17) is 18.9 Å². The van der Waals surface area contributed by atoms with Crippen LogP contribution in [0.3, 0.4) is 0 Å². The molecule has 236 valence electrons. The van der Waals surface area contributed by atoms with E-state index in [1.807, 2.05) is 0 Å². The molecule has 2 aliphatic heterocycles. The smallest absolute Gasteiger partial charge is 0.410 e. The van der Waals surface area contributed by atoms with Crippen LogP contribution in [-0.4, -0.2) is 26.5 Å². The standard InChI is InChI=1S/C34H45F4NO3Si/c1-20(2)29-27-28(26-24(39-29)18-32(11-8-12-32)19-25(26)42-43(6,7)31(3,4)5)33(13-15-40-16-14-33)41-30(27)22-10-9-21(17-23(22)35)34(36,37)38/h9-10,17,20,25,30H,8,11-16,18-19H2,1-7H3/t25?,30-/m1/s1. The SMILES string of the molecule is CC(C)c1nc2c(c3c1[C@@H](c1ccc(C(F)(F)F)cc1F)OC31CCOCC1)C(O[Si](C)(C)C(C)(C)C)CC1(CCC1)C2. The molecule has 1 saturated carbocycles. The summed E-state index contributed by atoms with van der Waals surface area (Å²) in [5.41, 5.74) is 3.43. The third-order valence-corrected chi connectivity index (χ3v) is 15.5. The topological polar surface area (TPSA) is 40.6 Å². The van der Waals surface area contributed by atoms with E-state index < -0.39 is 37.6 Å². The van der Waals surface area contributed by atoms with Crippen molar-refractivity contribution < 1.29 is 31.5 Å². The molecule has 2 spiro atoms. The van der Waals surface area contributed by atoms with Crippen molar-refractivity contribution in [1.82, 2.24) is 4.98 Å². The minimum Gasteiger partial charge on any atom is -0.410 e. The van der Waals surface area contributed by atoms with Gasteiger partial charge in [0, 0.05) is 54.1 Å². The number of pyridine rings is 1. The van der Waals surface area contributed by atoms with E-state index in [1.54, 1.807) is 0 Å². The van der Waals surface area contributed by atoms with Crippen LogP contribution in [0.2, 0.25) is 18.1 Å². The Morgan fingerprint density at radius 2 is 1.70 bits per heavy atom. The molecule has 0 bridgehead atoms. The molecule has 9 heteroatoms. The molecule has 1 unspecified atom stereocenters. The lowest BCUT2D eigenvalue weighted by molar-refractivity contribution is -0.138. The van der Waals surface area contributed by atoms with E-state index in [2.05, 4.69) is 47.7 Å². The van der Waals surface area contributed by atoms with E-state index in [-0.39, 0.29) is 28.0 Å². The van der Waals surface area contributed by atoms with Crippen LogP contribution in [0, 0.1) is 11.2 Å². The molecule has 1 aromatic heterocycles. The van der Waals surface area contributed by atoms with Gasteiger partial charge in [-0.2, -0.15) is 13.2 Å². The van der Waals surface area contributed by atoms with Crippen LogP contribution in [0.25, 0.3) is 0 Å². The second kappa shape index (κ2) is 10.4. The number of halogens is 4. The van der Waals surface area contributed by atoms with Gasteiger partial charge in [-0.1, -0.05) is 47.1 Å². The predicted octanol–water partition coefficient (Wildman–Crippen LogP) is 9.67. The van der Waals surface area contributed by atoms with Gasteiger partial charge in [-0.15, -0.1) is 0 Å². The second-order valence-corrected chi connectivity index (χ2v) is 20.0. The largest absolute Gasteiger partial charge is 0.416 e. The Balaban J connectivity index is 1.60. The maximum Gasteiger partial charge on any atom is 0.416 e. The van der Waals surface area contributed by atoms with Gasteiger partial charge in [0.15, 0.2) is 8.32 Å². The van der Waals surface area contributed by atoms with Gasteiger partial charge in [0.25, 0.3) is 0 Å². The minimum atomic E-state index is -4.63. The van der Waals surface area contributed by atoms with Crippen molar-refractivity contribution in [3.05, 3.63) is 63.2 Å². The summed E-state index contributed by atoms with van der Waals surface area (Å²) in [5.74, 6) is -0.901. The van der Waals surface area contributed by atoms with E-state index >= 15 is 4.39 Å². The Hall–Kier alpha value is -1.81. The maximum atomic E-state index is 15.7. The Labute approximate surface area is 254 Å². The summed E-state index contributed by atoms with van der Waals surface area (Å²) < 4.78 is 76.2. The molecular formula is C34H45F4NO3Si. The first-order valence-electron chi connectivity index (χ1n) is 15.8. The zero-order chi connectivity index (χ0) is 31.2. The van der Waals surface area contributed by atoms with E-state index in [9.17, 15) is 13.2 Å². The number of alkyl halides is 3. The zero-order valence-electron chi connectivity index (χ0n) is 26.5. The van der Waals surface area contributed by atoms with Crippen molar-refractivity contribution in [2.75, 3.05) is 13.2 Å². The molecule has 0 N–H and O–H groups in total. The summed E-state index contributed by atoms with van der Waals surface area (Å²) in [6, 6.07) is 2.81. The van der Waals surface area contributed by atoms with E-state index in [1.165, 1.54) is 12.5 Å². The molecule has 4 aliphatic rings. The molecule has 1 aromatic carbocycles. The first-order valence-corrected chi connectivity index (χ1v) is 18.7. The molecule has 1 saturated heterocycles. The van der Waals surface area contributed by atoms with Crippen molar-refractivity contribution in [3.8, 4) is 0 Å². The van der Waals surface area contributed by atoms with Crippen LogP contribution in [0.15, 0.2) is 18.2 Å². The maximum absolute atomic E-state index is 15.7. The summed E-state index contributed by atoms with van der Waals surface area (Å²) in [4.78, 5) is 5.37. The number of benzene rings is 1. The van der Waals surface area contributed by atoms with Crippen LogP contribution in [0.5, 0.6) is 0 Å². The molecule has 43 heavy (non-hydrogen) atoms. The highest BCUT2D eigenvalue weighted by Gasteiger charge is 2.55. The first-order chi connectivity index (χ1) is 20.0. The minimum absolute atomic E-state index is 0.00458. The molecular weight excluding hydrogens is 574 g/mol. The Kier molecular flexibility index (Phi) is 7.51. The summed E-state index contributed by atoms with van der Waals surface area (Å²) in [5, 5.41) is 0.00458. The fourth-order valence-corrected chi connectivity index (χ4v) is 8.79. The number of hydrogen-bond donors (Lipinski definition) is 0. The lowest BCUT2D eigenvalue weighted by Gasteiger charge is -2.51. The van der Waals surface area contributed by atoms with Gasteiger partial charge in [-0.25, -0.2) is 4.39 Å². The summed E-state index contributed by atoms with van der Waals surface area (Å²) in [7, 11) is -2.22. The second-order valence-electron chi connectivity index (χ2n) is 15.2. The van der Waals surface area contributed by atoms with Crippen molar-refractivity contribution >= 4 is 8.32 Å². The predicted molar refractivity (Wildman–Crippen MR) is 160 cm³/mol. The van der Waals surface area contributed by atoms with Gasteiger partial charge in [0.05, 0.1) is 17.3 Å². The van der Waals surface area contributed by atoms with E-state index in [0.29, 0.717) is 32.1 Å². The Morgan fingerprint density at radius 1 is 1.02 bits per heavy atom. The molecule has 0 radical (unpaired) electrons. The lowest BCUT2D eigenvalue weighted by Crippen LogP contribution is -2.47. The first kappa shape index (κ1) is 31.2. The highest BCUT2D eigenvalue weighted by Crippen LogP contribution is 2.62. The third-order valence-electron chi connectivity index (χ3n) is 11.0. The third kappa shape index (κ3) is 5.20. The number of rotatable bonds is 4. The van der Waals surface area contributed by atoms with Crippen LogP contribution in [0.4, 0.5) is 17.6 Å². The molecule has 2 fully saturated rings. The summed E-state index contributed by atoms with van der Waals surface area (Å²) >= 11 is 0. The van der Waals surface area contributed by atoms with Crippen molar-refractivity contribution in [2.45, 2.75) is 128 Å². The number of ether oxygens (including phenoxy) is 2.